The lowest BCUT2D eigenvalue weighted by atomic mass is 9.93. The Labute approximate surface area is 267 Å². The van der Waals surface area contributed by atoms with E-state index in [0.717, 1.165) is 38.9 Å². The molecule has 0 fully saturated rings. The van der Waals surface area contributed by atoms with Crippen LogP contribution < -0.4 is 5.01 Å². The number of rotatable bonds is 3. The van der Waals surface area contributed by atoms with Gasteiger partial charge < -0.3 is 4.57 Å². The Morgan fingerprint density at radius 2 is 1.09 bits per heavy atom. The molecular weight excluding hydrogens is 562 g/mol. The molecule has 0 bridgehead atoms. The van der Waals surface area contributed by atoms with E-state index in [0.29, 0.717) is 17.7 Å². The van der Waals surface area contributed by atoms with Gasteiger partial charge in [-0.1, -0.05) is 64.7 Å². The van der Waals surface area contributed by atoms with Crippen LogP contribution in [0.15, 0.2) is 103 Å². The first-order chi connectivity index (χ1) is 22.4. The molecule has 46 heavy (non-hydrogen) atoms. The standard InChI is InChI=1S/C41H31N5/c1-25-8-12-37-32(18-25)33-19-26(2)9-13-38(33)45(37)41-24-44(17-16-31(41)30-7-5-6-29(22-42)36(30)23-43)46-39-14-10-27(3)20-34(39)35-21-28(4)11-15-40(35)46/h5-16,18-21,24H,17H2,1-4H3. The maximum atomic E-state index is 10.3. The SMILES string of the molecule is Cc1ccc2c(c1)c1cc(C)ccc1n2C1=CN(n2c3ccc(C)cc3c3cc(C)ccc32)CC=C1c1cccc(C#N)c1C#N. The molecule has 5 nitrogen and oxygen atoms in total. The van der Waals surface area contributed by atoms with E-state index in [1.165, 1.54) is 43.8 Å². The lowest BCUT2D eigenvalue weighted by Gasteiger charge is -2.30. The van der Waals surface area contributed by atoms with Crippen molar-refractivity contribution in [3.8, 4) is 12.1 Å². The van der Waals surface area contributed by atoms with Crippen molar-refractivity contribution in [3.63, 3.8) is 0 Å². The summed E-state index contributed by atoms with van der Waals surface area (Å²) in [7, 11) is 0. The summed E-state index contributed by atoms with van der Waals surface area (Å²) in [6.07, 6.45) is 4.42. The number of aryl methyl sites for hydroxylation is 4. The van der Waals surface area contributed by atoms with E-state index in [9.17, 15) is 10.5 Å². The number of benzene rings is 5. The minimum absolute atomic E-state index is 0.379. The molecule has 1 aliphatic heterocycles. The number of allylic oxidation sites excluding steroid dienone is 2. The normalized spacial score (nSPS) is 13.3. The summed E-state index contributed by atoms with van der Waals surface area (Å²) in [6.45, 7) is 9.12. The van der Waals surface area contributed by atoms with Crippen molar-refractivity contribution in [2.45, 2.75) is 27.7 Å². The van der Waals surface area contributed by atoms with E-state index in [1.54, 1.807) is 6.07 Å². The van der Waals surface area contributed by atoms with Crippen molar-refractivity contribution in [1.82, 2.24) is 9.24 Å². The Morgan fingerprint density at radius 1 is 0.587 bits per heavy atom. The molecule has 0 N–H and O–H groups in total. The minimum atomic E-state index is 0.379. The first kappa shape index (κ1) is 27.5. The molecule has 7 aromatic rings. The van der Waals surface area contributed by atoms with Crippen LogP contribution in [0.25, 0.3) is 54.9 Å². The Kier molecular flexibility index (Phi) is 6.14. The van der Waals surface area contributed by atoms with E-state index in [1.807, 2.05) is 12.1 Å². The molecule has 0 saturated heterocycles. The molecule has 0 atom stereocenters. The molecule has 2 aromatic heterocycles. The first-order valence-electron chi connectivity index (χ1n) is 15.5. The van der Waals surface area contributed by atoms with Crippen LogP contribution in [0.4, 0.5) is 0 Å². The number of nitrogens with zero attached hydrogens (tertiary/aromatic N) is 5. The highest BCUT2D eigenvalue weighted by atomic mass is 15.5. The number of hydrogen-bond acceptors (Lipinski definition) is 3. The van der Waals surface area contributed by atoms with Crippen LogP contribution >= 0.6 is 0 Å². The maximum absolute atomic E-state index is 10.3. The molecule has 8 rings (SSSR count). The van der Waals surface area contributed by atoms with Gasteiger partial charge >= 0.3 is 0 Å². The zero-order valence-corrected chi connectivity index (χ0v) is 26.3. The van der Waals surface area contributed by atoms with Crippen LogP contribution in [0.5, 0.6) is 0 Å². The largest absolute Gasteiger partial charge is 0.307 e. The van der Waals surface area contributed by atoms with Crippen molar-refractivity contribution in [1.29, 1.82) is 10.5 Å². The summed E-state index contributed by atoms with van der Waals surface area (Å²) in [5, 5.41) is 27.3. The quantitative estimate of drug-likeness (QED) is 0.205. The summed E-state index contributed by atoms with van der Waals surface area (Å²) < 4.78 is 4.64. The van der Waals surface area contributed by atoms with E-state index in [4.69, 9.17) is 0 Å². The van der Waals surface area contributed by atoms with Crippen LogP contribution in [0.3, 0.4) is 0 Å². The number of fused-ring (bicyclic) bond motifs is 6. The smallest absolute Gasteiger partial charge is 0.101 e. The van der Waals surface area contributed by atoms with Crippen molar-refractivity contribution in [2.24, 2.45) is 0 Å². The molecule has 5 aromatic carbocycles. The van der Waals surface area contributed by atoms with Crippen LogP contribution in [0, 0.1) is 50.4 Å². The van der Waals surface area contributed by atoms with Gasteiger partial charge in [-0.15, -0.1) is 0 Å². The van der Waals surface area contributed by atoms with Gasteiger partial charge in [-0.25, -0.2) is 0 Å². The Hall–Kier alpha value is -6.04. The molecule has 5 heteroatoms. The predicted molar refractivity (Wildman–Crippen MR) is 189 cm³/mol. The summed E-state index contributed by atoms with van der Waals surface area (Å²) in [6, 6.07) is 36.7. The average Bonchev–Trinajstić information content (AvgIpc) is 3.55. The Balaban J connectivity index is 1.46. The lowest BCUT2D eigenvalue weighted by molar-refractivity contribution is 0.775. The molecule has 0 radical (unpaired) electrons. The molecule has 0 aliphatic carbocycles. The fourth-order valence-electron chi connectivity index (χ4n) is 7.13. The van der Waals surface area contributed by atoms with Crippen LogP contribution in [0.2, 0.25) is 0 Å². The van der Waals surface area contributed by atoms with Gasteiger partial charge in [-0.05, 0) is 82.3 Å². The molecular formula is C41H31N5. The van der Waals surface area contributed by atoms with Crippen molar-refractivity contribution in [3.05, 3.63) is 142 Å². The topological polar surface area (TPSA) is 60.7 Å². The molecule has 0 saturated carbocycles. The second-order valence-electron chi connectivity index (χ2n) is 12.4. The van der Waals surface area contributed by atoms with Crippen LogP contribution in [0.1, 0.15) is 38.9 Å². The highest BCUT2D eigenvalue weighted by Gasteiger charge is 2.26. The monoisotopic (exact) mass is 593 g/mol. The van der Waals surface area contributed by atoms with Gasteiger partial charge in [-0.3, -0.25) is 9.69 Å². The lowest BCUT2D eigenvalue weighted by Crippen LogP contribution is -2.32. The predicted octanol–water partition coefficient (Wildman–Crippen LogP) is 9.41. The van der Waals surface area contributed by atoms with Gasteiger partial charge in [0.25, 0.3) is 0 Å². The summed E-state index contributed by atoms with van der Waals surface area (Å²) in [5.74, 6) is 0. The van der Waals surface area contributed by atoms with Crippen LogP contribution in [-0.2, 0) is 0 Å². The van der Waals surface area contributed by atoms with E-state index in [-0.39, 0.29) is 0 Å². The fraction of sp³-hybridized carbons (Fsp3) is 0.122. The molecule has 0 unspecified atom stereocenters. The third-order valence-electron chi connectivity index (χ3n) is 9.24. The third kappa shape index (κ3) is 4.06. The number of aromatic nitrogens is 2. The van der Waals surface area contributed by atoms with E-state index >= 15 is 0 Å². The van der Waals surface area contributed by atoms with Gasteiger partial charge in [0.15, 0.2) is 0 Å². The highest BCUT2D eigenvalue weighted by molar-refractivity contribution is 6.15. The van der Waals surface area contributed by atoms with Crippen LogP contribution in [-0.4, -0.2) is 15.8 Å². The maximum Gasteiger partial charge on any atom is 0.101 e. The van der Waals surface area contributed by atoms with Gasteiger partial charge in [0.2, 0.25) is 0 Å². The second-order valence-corrected chi connectivity index (χ2v) is 12.4. The highest BCUT2D eigenvalue weighted by Crippen LogP contribution is 2.41. The number of hydrogen-bond donors (Lipinski definition) is 0. The van der Waals surface area contributed by atoms with E-state index in [2.05, 4.69) is 139 Å². The molecule has 0 spiro atoms. The average molecular weight is 594 g/mol. The van der Waals surface area contributed by atoms with Crippen molar-refractivity contribution in [2.75, 3.05) is 11.6 Å². The second kappa shape index (κ2) is 10.3. The third-order valence-corrected chi connectivity index (χ3v) is 9.24. The zero-order valence-electron chi connectivity index (χ0n) is 26.3. The Morgan fingerprint density at radius 3 is 1.59 bits per heavy atom. The summed E-state index contributed by atoms with van der Waals surface area (Å²) >= 11 is 0. The van der Waals surface area contributed by atoms with Gasteiger partial charge in [-0.2, -0.15) is 10.5 Å². The summed E-state index contributed by atoms with van der Waals surface area (Å²) in [5.41, 5.74) is 12.7. The van der Waals surface area contributed by atoms with E-state index < -0.39 is 0 Å². The van der Waals surface area contributed by atoms with Crippen molar-refractivity contribution < 1.29 is 0 Å². The summed E-state index contributed by atoms with van der Waals surface area (Å²) in [4.78, 5) is 0. The molecule has 220 valence electrons. The first-order valence-corrected chi connectivity index (χ1v) is 15.5. The fourth-order valence-corrected chi connectivity index (χ4v) is 7.13. The minimum Gasteiger partial charge on any atom is -0.307 e. The van der Waals surface area contributed by atoms with Gasteiger partial charge in [0.1, 0.15) is 12.1 Å². The van der Waals surface area contributed by atoms with Crippen molar-refractivity contribution >= 4 is 54.9 Å². The number of nitriles is 2. The molecule has 0 amide bonds. The zero-order chi connectivity index (χ0) is 31.7. The molecule has 1 aliphatic rings. The van der Waals surface area contributed by atoms with Gasteiger partial charge in [0.05, 0.1) is 45.4 Å². The Bertz CT molecular complexity index is 2460. The molecule has 3 heterocycles. The van der Waals surface area contributed by atoms with Gasteiger partial charge in [0, 0.05) is 38.9 Å².